The maximum atomic E-state index is 11.6. The summed E-state index contributed by atoms with van der Waals surface area (Å²) in [5.41, 5.74) is 3.87. The zero-order valence-corrected chi connectivity index (χ0v) is 21.4. The Kier molecular flexibility index (Phi) is 7.85. The number of piperidine rings is 1. The fourth-order valence-corrected chi connectivity index (χ4v) is 4.69. The maximum Gasteiger partial charge on any atom is 0.225 e. The number of benzene rings is 1. The van der Waals surface area contributed by atoms with Crippen molar-refractivity contribution >= 4 is 21.5 Å². The van der Waals surface area contributed by atoms with Gasteiger partial charge in [0.2, 0.25) is 5.95 Å². The van der Waals surface area contributed by atoms with Gasteiger partial charge in [-0.2, -0.15) is 0 Å². The molecule has 8 nitrogen and oxygen atoms in total. The molecule has 0 saturated carbocycles. The fourth-order valence-electron chi connectivity index (χ4n) is 4.07. The molecule has 0 radical (unpaired) electrons. The largest absolute Gasteiger partial charge is 0.490 e. The number of aromatic nitrogens is 3. The summed E-state index contributed by atoms with van der Waals surface area (Å²) >= 11 is 0. The molecule has 186 valence electrons. The summed E-state index contributed by atoms with van der Waals surface area (Å²) in [7, 11) is -3.30. The van der Waals surface area contributed by atoms with Crippen LogP contribution in [-0.4, -0.2) is 55.4 Å². The van der Waals surface area contributed by atoms with Gasteiger partial charge in [-0.05, 0) is 55.2 Å². The third-order valence-corrected chi connectivity index (χ3v) is 7.21. The molecule has 9 heteroatoms. The van der Waals surface area contributed by atoms with E-state index in [9.17, 15) is 8.42 Å². The third kappa shape index (κ3) is 6.69. The van der Waals surface area contributed by atoms with Gasteiger partial charge in [0.1, 0.15) is 11.9 Å². The van der Waals surface area contributed by atoms with Crippen LogP contribution in [0.15, 0.2) is 53.8 Å². The van der Waals surface area contributed by atoms with Crippen molar-refractivity contribution in [2.45, 2.75) is 50.7 Å². The van der Waals surface area contributed by atoms with Gasteiger partial charge in [-0.1, -0.05) is 19.1 Å². The molecule has 1 aromatic carbocycles. The SMILES string of the molecule is CCc1cnc(N2CCC(Oc3ccc(CCNc4ccc(S(C)(=O)=O)nc4C)cc3)CC2)nc1. The minimum Gasteiger partial charge on any atom is -0.490 e. The van der Waals surface area contributed by atoms with E-state index in [2.05, 4.69) is 44.2 Å². The highest BCUT2D eigenvalue weighted by atomic mass is 32.2. The van der Waals surface area contributed by atoms with E-state index in [0.29, 0.717) is 5.69 Å². The number of hydrogen-bond donors (Lipinski definition) is 1. The summed E-state index contributed by atoms with van der Waals surface area (Å²) in [4.78, 5) is 15.4. The van der Waals surface area contributed by atoms with Crippen molar-refractivity contribution in [2.24, 2.45) is 0 Å². The normalized spacial score (nSPS) is 14.7. The van der Waals surface area contributed by atoms with Gasteiger partial charge in [0.25, 0.3) is 0 Å². The number of hydrogen-bond acceptors (Lipinski definition) is 8. The lowest BCUT2D eigenvalue weighted by molar-refractivity contribution is 0.170. The van der Waals surface area contributed by atoms with Crippen molar-refractivity contribution in [2.75, 3.05) is 36.1 Å². The van der Waals surface area contributed by atoms with E-state index in [1.54, 1.807) is 6.07 Å². The lowest BCUT2D eigenvalue weighted by Crippen LogP contribution is -2.39. The summed E-state index contributed by atoms with van der Waals surface area (Å²) in [5, 5.41) is 3.44. The number of nitrogens with one attached hydrogen (secondary N) is 1. The van der Waals surface area contributed by atoms with E-state index in [1.807, 2.05) is 31.5 Å². The number of sulfone groups is 1. The molecule has 4 rings (SSSR count). The highest BCUT2D eigenvalue weighted by molar-refractivity contribution is 7.90. The van der Waals surface area contributed by atoms with Crippen LogP contribution in [0.4, 0.5) is 11.6 Å². The number of pyridine rings is 1. The number of aryl methyl sites for hydroxylation is 2. The van der Waals surface area contributed by atoms with Crippen molar-refractivity contribution in [1.29, 1.82) is 0 Å². The van der Waals surface area contributed by atoms with Crippen molar-refractivity contribution in [1.82, 2.24) is 15.0 Å². The minimum absolute atomic E-state index is 0.0979. The average Bonchev–Trinajstić information content (AvgIpc) is 2.86. The van der Waals surface area contributed by atoms with E-state index in [1.165, 1.54) is 17.9 Å². The molecule has 0 spiro atoms. The first-order valence-electron chi connectivity index (χ1n) is 12.0. The van der Waals surface area contributed by atoms with E-state index < -0.39 is 9.84 Å². The summed E-state index contributed by atoms with van der Waals surface area (Å²) in [6.07, 6.45) is 8.85. The molecule has 0 unspecified atom stereocenters. The van der Waals surface area contributed by atoms with Crippen LogP contribution < -0.4 is 15.0 Å². The molecule has 1 aliphatic rings. The Balaban J connectivity index is 1.22. The average molecular weight is 496 g/mol. The van der Waals surface area contributed by atoms with Gasteiger partial charge >= 0.3 is 0 Å². The van der Waals surface area contributed by atoms with Crippen LogP contribution in [0.1, 0.15) is 36.6 Å². The fraction of sp³-hybridized carbons (Fsp3) is 0.423. The van der Waals surface area contributed by atoms with Crippen molar-refractivity contribution < 1.29 is 13.2 Å². The smallest absolute Gasteiger partial charge is 0.225 e. The minimum atomic E-state index is -3.30. The van der Waals surface area contributed by atoms with Gasteiger partial charge in [0, 0.05) is 51.1 Å². The van der Waals surface area contributed by atoms with Gasteiger partial charge in [0.05, 0.1) is 11.4 Å². The molecule has 3 aromatic rings. The Bertz CT molecular complexity index is 1220. The van der Waals surface area contributed by atoms with Gasteiger partial charge < -0.3 is 15.0 Å². The number of ether oxygens (including phenoxy) is 1. The first kappa shape index (κ1) is 24.9. The van der Waals surface area contributed by atoms with Crippen molar-refractivity contribution in [3.8, 4) is 5.75 Å². The van der Waals surface area contributed by atoms with Crippen LogP contribution in [0.2, 0.25) is 0 Å². The Morgan fingerprint density at radius 2 is 1.71 bits per heavy atom. The van der Waals surface area contributed by atoms with Gasteiger partial charge in [-0.3, -0.25) is 0 Å². The van der Waals surface area contributed by atoms with Crippen LogP contribution in [0.5, 0.6) is 5.75 Å². The molecule has 1 fully saturated rings. The molecule has 1 saturated heterocycles. The number of rotatable bonds is 9. The molecule has 3 heterocycles. The summed E-state index contributed by atoms with van der Waals surface area (Å²) in [6.45, 7) is 6.41. The van der Waals surface area contributed by atoms with Gasteiger partial charge in [-0.15, -0.1) is 0 Å². The molecule has 0 bridgehead atoms. The van der Waals surface area contributed by atoms with Crippen molar-refractivity contribution in [3.05, 3.63) is 65.6 Å². The molecular weight excluding hydrogens is 462 g/mol. The molecular formula is C26H33N5O3S. The van der Waals surface area contributed by atoms with Crippen LogP contribution in [0, 0.1) is 6.92 Å². The van der Waals surface area contributed by atoms with E-state index in [-0.39, 0.29) is 11.1 Å². The predicted octanol–water partition coefficient (Wildman–Crippen LogP) is 3.85. The molecule has 2 aromatic heterocycles. The van der Waals surface area contributed by atoms with Crippen LogP contribution >= 0.6 is 0 Å². The topological polar surface area (TPSA) is 97.3 Å². The summed E-state index contributed by atoms with van der Waals surface area (Å²) in [5.74, 6) is 1.69. The first-order valence-corrected chi connectivity index (χ1v) is 13.9. The molecule has 0 atom stereocenters. The zero-order chi connectivity index (χ0) is 24.8. The van der Waals surface area contributed by atoms with Crippen LogP contribution in [0.3, 0.4) is 0 Å². The Labute approximate surface area is 207 Å². The van der Waals surface area contributed by atoms with Crippen molar-refractivity contribution in [3.63, 3.8) is 0 Å². The standard InChI is InChI=1S/C26H33N5O3S/c1-4-20-17-28-26(29-18-20)31-15-12-23(13-16-31)34-22-7-5-21(6-8-22)11-14-27-24-9-10-25(30-19(24)2)35(3,32)33/h5-10,17-18,23,27H,4,11-16H2,1-3H3. The second kappa shape index (κ2) is 11.0. The molecule has 0 aliphatic carbocycles. The second-order valence-corrected chi connectivity index (χ2v) is 10.9. The lowest BCUT2D eigenvalue weighted by Gasteiger charge is -2.32. The molecule has 0 amide bonds. The Morgan fingerprint density at radius 3 is 2.31 bits per heavy atom. The summed E-state index contributed by atoms with van der Waals surface area (Å²) < 4.78 is 29.5. The lowest BCUT2D eigenvalue weighted by atomic mass is 10.1. The number of anilines is 2. The van der Waals surface area contributed by atoms with Gasteiger partial charge in [0.15, 0.2) is 14.9 Å². The predicted molar refractivity (Wildman–Crippen MR) is 138 cm³/mol. The maximum absolute atomic E-state index is 11.6. The third-order valence-electron chi connectivity index (χ3n) is 6.22. The molecule has 1 N–H and O–H groups in total. The quantitative estimate of drug-likeness (QED) is 0.478. The highest BCUT2D eigenvalue weighted by Gasteiger charge is 2.22. The molecule has 1 aliphatic heterocycles. The van der Waals surface area contributed by atoms with E-state index in [0.717, 1.165) is 68.3 Å². The Morgan fingerprint density at radius 1 is 1.03 bits per heavy atom. The summed E-state index contributed by atoms with van der Waals surface area (Å²) in [6, 6.07) is 11.5. The first-order chi connectivity index (χ1) is 16.8. The highest BCUT2D eigenvalue weighted by Crippen LogP contribution is 2.22. The van der Waals surface area contributed by atoms with E-state index >= 15 is 0 Å². The molecule has 35 heavy (non-hydrogen) atoms. The second-order valence-electron chi connectivity index (χ2n) is 8.92. The Hall–Kier alpha value is -3.20. The van der Waals surface area contributed by atoms with Crippen LogP contribution in [-0.2, 0) is 22.7 Å². The van der Waals surface area contributed by atoms with Crippen LogP contribution in [0.25, 0.3) is 0 Å². The number of nitrogens with zero attached hydrogens (tertiary/aromatic N) is 4. The van der Waals surface area contributed by atoms with E-state index in [4.69, 9.17) is 4.74 Å². The monoisotopic (exact) mass is 495 g/mol. The van der Waals surface area contributed by atoms with Gasteiger partial charge in [-0.25, -0.2) is 23.4 Å². The zero-order valence-electron chi connectivity index (χ0n) is 20.6.